The minimum atomic E-state index is 0.440. The molecule has 6 nitrogen and oxygen atoms in total. The molecule has 3 aromatic heterocycles. The topological polar surface area (TPSA) is 59.2 Å². The van der Waals surface area contributed by atoms with Crippen molar-refractivity contribution in [2.24, 2.45) is 0 Å². The van der Waals surface area contributed by atoms with Crippen molar-refractivity contribution < 1.29 is 0 Å². The number of nitrogens with zero attached hydrogens (tertiary/aromatic N) is 6. The number of piperidine rings is 1. The highest BCUT2D eigenvalue weighted by molar-refractivity contribution is 7.09. The van der Waals surface area contributed by atoms with Crippen molar-refractivity contribution in [3.8, 4) is 0 Å². The van der Waals surface area contributed by atoms with Crippen molar-refractivity contribution in [1.82, 2.24) is 29.7 Å². The zero-order valence-electron chi connectivity index (χ0n) is 15.8. The zero-order chi connectivity index (χ0) is 18.2. The quantitative estimate of drug-likeness (QED) is 0.684. The third-order valence-corrected chi connectivity index (χ3v) is 7.09. The van der Waals surface area contributed by atoms with Gasteiger partial charge in [0.25, 0.3) is 0 Å². The Kier molecular flexibility index (Phi) is 4.65. The maximum Gasteiger partial charge on any atom is 0.177 e. The second-order valence-electron chi connectivity index (χ2n) is 8.01. The highest BCUT2D eigenvalue weighted by atomic mass is 32.1. The summed E-state index contributed by atoms with van der Waals surface area (Å²) in [5.74, 6) is 2.19. The van der Waals surface area contributed by atoms with E-state index in [0.29, 0.717) is 5.92 Å². The van der Waals surface area contributed by atoms with Crippen LogP contribution in [-0.2, 0) is 6.54 Å². The van der Waals surface area contributed by atoms with Crippen LogP contribution in [0.2, 0.25) is 0 Å². The molecule has 142 valence electrons. The van der Waals surface area contributed by atoms with Crippen LogP contribution in [0, 0.1) is 6.92 Å². The van der Waals surface area contributed by atoms with Crippen molar-refractivity contribution in [3.05, 3.63) is 39.7 Å². The monoisotopic (exact) mass is 382 g/mol. The molecule has 5 rings (SSSR count). The number of hydrogen-bond donors (Lipinski definition) is 0. The van der Waals surface area contributed by atoms with Gasteiger partial charge in [-0.15, -0.1) is 21.5 Å². The molecule has 4 heterocycles. The first kappa shape index (κ1) is 17.3. The Bertz CT molecular complexity index is 918. The van der Waals surface area contributed by atoms with Crippen LogP contribution in [0.4, 0.5) is 0 Å². The lowest BCUT2D eigenvalue weighted by molar-refractivity contribution is 0.199. The molecule has 0 aromatic carbocycles. The molecule has 2 fully saturated rings. The van der Waals surface area contributed by atoms with E-state index < -0.39 is 0 Å². The van der Waals surface area contributed by atoms with Gasteiger partial charge in [0, 0.05) is 23.8 Å². The minimum Gasteiger partial charge on any atom is -0.297 e. The fourth-order valence-corrected chi connectivity index (χ4v) is 5.47. The molecular weight excluding hydrogens is 356 g/mol. The molecule has 1 saturated heterocycles. The van der Waals surface area contributed by atoms with Crippen molar-refractivity contribution in [1.29, 1.82) is 0 Å². The highest BCUT2D eigenvalue weighted by Crippen LogP contribution is 2.36. The summed E-state index contributed by atoms with van der Waals surface area (Å²) in [4.78, 5) is 7.48. The van der Waals surface area contributed by atoms with Crippen LogP contribution < -0.4 is 0 Å². The van der Waals surface area contributed by atoms with E-state index in [1.807, 2.05) is 34.9 Å². The summed E-state index contributed by atoms with van der Waals surface area (Å²) in [7, 11) is 0. The molecule has 0 unspecified atom stereocenters. The van der Waals surface area contributed by atoms with E-state index in [9.17, 15) is 0 Å². The molecule has 2 aliphatic rings. The van der Waals surface area contributed by atoms with Gasteiger partial charge in [0.1, 0.15) is 0 Å². The van der Waals surface area contributed by atoms with Gasteiger partial charge >= 0.3 is 0 Å². The fraction of sp³-hybridized carbons (Fsp3) is 0.600. The number of hydrogen-bond acceptors (Lipinski definition) is 6. The maximum absolute atomic E-state index is 4.95. The van der Waals surface area contributed by atoms with Gasteiger partial charge in [-0.2, -0.15) is 9.61 Å². The highest BCUT2D eigenvalue weighted by Gasteiger charge is 2.26. The number of aromatic nitrogens is 5. The normalized spacial score (nSPS) is 20.0. The summed E-state index contributed by atoms with van der Waals surface area (Å²) >= 11 is 1.87. The van der Waals surface area contributed by atoms with E-state index >= 15 is 0 Å². The SMILES string of the molecule is Cc1ccc2nnc(C3CCN(Cc4csc(C5CCCC5)n4)CC3)n2n1. The Hall–Kier alpha value is -1.86. The van der Waals surface area contributed by atoms with Gasteiger partial charge in [-0.25, -0.2) is 4.98 Å². The Balaban J connectivity index is 1.22. The van der Waals surface area contributed by atoms with Crippen LogP contribution in [0.25, 0.3) is 5.65 Å². The molecule has 0 N–H and O–H groups in total. The van der Waals surface area contributed by atoms with E-state index in [0.717, 1.165) is 55.6 Å². The third kappa shape index (κ3) is 3.50. The second-order valence-corrected chi connectivity index (χ2v) is 8.90. The van der Waals surface area contributed by atoms with E-state index in [4.69, 9.17) is 4.98 Å². The Morgan fingerprint density at radius 3 is 2.67 bits per heavy atom. The van der Waals surface area contributed by atoms with E-state index in [1.54, 1.807) is 0 Å². The van der Waals surface area contributed by atoms with Crippen molar-refractivity contribution in [2.75, 3.05) is 13.1 Å². The number of rotatable bonds is 4. The number of fused-ring (bicyclic) bond motifs is 1. The van der Waals surface area contributed by atoms with E-state index in [-0.39, 0.29) is 0 Å². The lowest BCUT2D eigenvalue weighted by Crippen LogP contribution is -2.33. The standard InChI is InChI=1S/C20H26N6S/c1-14-6-7-18-22-23-19(26(18)24-14)15-8-10-25(11-9-15)12-17-13-27-20(21-17)16-4-2-3-5-16/h6-7,13,15-16H,2-5,8-12H2,1H3. The Labute approximate surface area is 163 Å². The first-order valence-electron chi connectivity index (χ1n) is 10.1. The van der Waals surface area contributed by atoms with Crippen LogP contribution in [0.1, 0.15) is 72.6 Å². The molecule has 0 bridgehead atoms. The van der Waals surface area contributed by atoms with Gasteiger partial charge in [-0.3, -0.25) is 4.90 Å². The van der Waals surface area contributed by atoms with Crippen LogP contribution >= 0.6 is 11.3 Å². The van der Waals surface area contributed by atoms with Crippen molar-refractivity contribution in [2.45, 2.75) is 63.8 Å². The van der Waals surface area contributed by atoms with Gasteiger partial charge in [-0.1, -0.05) is 12.8 Å². The third-order valence-electron chi connectivity index (χ3n) is 6.03. The molecule has 0 atom stereocenters. The lowest BCUT2D eigenvalue weighted by Gasteiger charge is -2.30. The number of aryl methyl sites for hydroxylation is 1. The largest absolute Gasteiger partial charge is 0.297 e. The molecule has 1 aliphatic heterocycles. The van der Waals surface area contributed by atoms with Crippen LogP contribution in [0.5, 0.6) is 0 Å². The molecule has 0 amide bonds. The second kappa shape index (κ2) is 7.28. The number of likely N-dealkylation sites (tertiary alicyclic amines) is 1. The molecular formula is C20H26N6S. The predicted octanol–water partition coefficient (Wildman–Crippen LogP) is 3.93. The summed E-state index contributed by atoms with van der Waals surface area (Å²) in [5, 5.41) is 17.0. The first-order chi connectivity index (χ1) is 13.3. The van der Waals surface area contributed by atoms with Crippen molar-refractivity contribution >= 4 is 17.0 Å². The van der Waals surface area contributed by atoms with Gasteiger partial charge in [0.2, 0.25) is 0 Å². The summed E-state index contributed by atoms with van der Waals surface area (Å²) in [6, 6.07) is 3.99. The van der Waals surface area contributed by atoms with Crippen LogP contribution in [-0.4, -0.2) is 42.8 Å². The fourth-order valence-electron chi connectivity index (χ4n) is 4.49. The molecule has 0 radical (unpaired) electrons. The zero-order valence-corrected chi connectivity index (χ0v) is 16.7. The molecule has 0 spiro atoms. The molecule has 1 aliphatic carbocycles. The molecule has 3 aromatic rings. The summed E-state index contributed by atoms with van der Waals surface area (Å²) < 4.78 is 1.93. The van der Waals surface area contributed by atoms with E-state index in [1.165, 1.54) is 36.4 Å². The minimum absolute atomic E-state index is 0.440. The molecule has 7 heteroatoms. The van der Waals surface area contributed by atoms with Gasteiger partial charge in [-0.05, 0) is 57.8 Å². The summed E-state index contributed by atoms with van der Waals surface area (Å²) in [6.45, 7) is 5.16. The van der Waals surface area contributed by atoms with Gasteiger partial charge in [0.05, 0.1) is 16.4 Å². The van der Waals surface area contributed by atoms with E-state index in [2.05, 4.69) is 25.6 Å². The Morgan fingerprint density at radius 1 is 1.04 bits per heavy atom. The molecule has 1 saturated carbocycles. The smallest absolute Gasteiger partial charge is 0.177 e. The maximum atomic E-state index is 4.95. The summed E-state index contributed by atoms with van der Waals surface area (Å²) in [5.41, 5.74) is 3.10. The van der Waals surface area contributed by atoms with Crippen LogP contribution in [0.15, 0.2) is 17.5 Å². The van der Waals surface area contributed by atoms with Crippen molar-refractivity contribution in [3.63, 3.8) is 0 Å². The molecule has 27 heavy (non-hydrogen) atoms. The average Bonchev–Trinajstić information content (AvgIpc) is 3.42. The first-order valence-corrected chi connectivity index (χ1v) is 11.0. The number of thiazole rings is 1. The van der Waals surface area contributed by atoms with Crippen LogP contribution in [0.3, 0.4) is 0 Å². The summed E-state index contributed by atoms with van der Waals surface area (Å²) in [6.07, 6.45) is 7.62. The van der Waals surface area contributed by atoms with Gasteiger partial charge < -0.3 is 0 Å². The van der Waals surface area contributed by atoms with Gasteiger partial charge in [0.15, 0.2) is 11.5 Å². The average molecular weight is 383 g/mol. The predicted molar refractivity (Wildman–Crippen MR) is 106 cm³/mol. The lowest BCUT2D eigenvalue weighted by atomic mass is 9.96. The Morgan fingerprint density at radius 2 is 1.85 bits per heavy atom.